The van der Waals surface area contributed by atoms with Crippen molar-refractivity contribution in [2.75, 3.05) is 39.3 Å². The largest absolute Gasteiger partial charge is 0.356 e. The number of hydrogen-bond acceptors (Lipinski definition) is 6. The number of piperidine rings is 2. The molecule has 3 heterocycles. The molecule has 2 fully saturated rings. The number of carbonyl (C=O) groups is 1. The van der Waals surface area contributed by atoms with Gasteiger partial charge in [-0.3, -0.25) is 9.69 Å². The Morgan fingerprint density at radius 1 is 1.10 bits per heavy atom. The van der Waals surface area contributed by atoms with Crippen molar-refractivity contribution in [3.63, 3.8) is 0 Å². The molecular weight excluding hydrogens is 390 g/mol. The number of nitrogens with one attached hydrogen (secondary N) is 1. The van der Waals surface area contributed by atoms with Crippen molar-refractivity contribution in [3.8, 4) is 11.4 Å². The molecule has 0 radical (unpaired) electrons. The molecule has 1 atom stereocenters. The quantitative estimate of drug-likeness (QED) is 0.655. The second kappa shape index (κ2) is 10.9. The van der Waals surface area contributed by atoms with E-state index in [0.29, 0.717) is 18.3 Å². The van der Waals surface area contributed by atoms with E-state index < -0.39 is 0 Å². The van der Waals surface area contributed by atoms with Crippen molar-refractivity contribution in [3.05, 3.63) is 35.7 Å². The van der Waals surface area contributed by atoms with Gasteiger partial charge >= 0.3 is 0 Å². The second-order valence-corrected chi connectivity index (χ2v) is 9.00. The Morgan fingerprint density at radius 2 is 1.87 bits per heavy atom. The number of carbonyl (C=O) groups excluding carboxylic acids is 1. The monoisotopic (exact) mass is 425 g/mol. The molecule has 1 aromatic carbocycles. The third-order valence-electron chi connectivity index (χ3n) is 6.41. The number of nitrogens with zero attached hydrogens (tertiary/aromatic N) is 4. The van der Waals surface area contributed by atoms with Crippen molar-refractivity contribution < 1.29 is 9.32 Å². The Hall–Kier alpha value is -2.25. The molecule has 1 amide bonds. The first-order chi connectivity index (χ1) is 15.2. The Kier molecular flexibility index (Phi) is 7.70. The minimum absolute atomic E-state index is 0.0447. The lowest BCUT2D eigenvalue weighted by molar-refractivity contribution is -0.126. The zero-order chi connectivity index (χ0) is 21.5. The first-order valence-electron chi connectivity index (χ1n) is 11.8. The fraction of sp³-hybridized carbons (Fsp3) is 0.625. The van der Waals surface area contributed by atoms with Crippen LogP contribution in [0.4, 0.5) is 0 Å². The SMILES string of the molecule is Cc1ccc(-c2noc(CN3CCCC(C(=O)NCCCN4CCCCC4)C3)n2)cc1. The molecule has 1 aromatic heterocycles. The number of hydrogen-bond donors (Lipinski definition) is 1. The van der Waals surface area contributed by atoms with E-state index in [0.717, 1.165) is 51.0 Å². The van der Waals surface area contributed by atoms with Crippen LogP contribution in [0.25, 0.3) is 11.4 Å². The predicted molar refractivity (Wildman–Crippen MR) is 120 cm³/mol. The zero-order valence-corrected chi connectivity index (χ0v) is 18.7. The number of amides is 1. The Bertz CT molecular complexity index is 829. The molecule has 2 aliphatic heterocycles. The number of aryl methyl sites for hydroxylation is 1. The van der Waals surface area contributed by atoms with Crippen LogP contribution in [0.1, 0.15) is 50.0 Å². The molecule has 1 N–H and O–H groups in total. The highest BCUT2D eigenvalue weighted by Gasteiger charge is 2.26. The highest BCUT2D eigenvalue weighted by Crippen LogP contribution is 2.21. The van der Waals surface area contributed by atoms with Gasteiger partial charge in [0.05, 0.1) is 12.5 Å². The summed E-state index contributed by atoms with van der Waals surface area (Å²) in [5.74, 6) is 1.46. The molecular formula is C24H35N5O2. The Morgan fingerprint density at radius 3 is 2.68 bits per heavy atom. The third kappa shape index (κ3) is 6.37. The van der Waals surface area contributed by atoms with Crippen LogP contribution in [-0.4, -0.2) is 65.1 Å². The van der Waals surface area contributed by atoms with Gasteiger partial charge in [-0.15, -0.1) is 0 Å². The second-order valence-electron chi connectivity index (χ2n) is 9.00. The average molecular weight is 426 g/mol. The van der Waals surface area contributed by atoms with E-state index in [4.69, 9.17) is 4.52 Å². The van der Waals surface area contributed by atoms with Gasteiger partial charge in [-0.05, 0) is 65.2 Å². The Labute approximate surface area is 185 Å². The number of aromatic nitrogens is 2. The molecule has 4 rings (SSSR count). The van der Waals surface area contributed by atoms with Crippen LogP contribution in [0.15, 0.2) is 28.8 Å². The van der Waals surface area contributed by atoms with E-state index in [1.54, 1.807) is 0 Å². The van der Waals surface area contributed by atoms with Gasteiger partial charge in [-0.2, -0.15) is 4.98 Å². The van der Waals surface area contributed by atoms with Crippen molar-refractivity contribution in [1.29, 1.82) is 0 Å². The lowest BCUT2D eigenvalue weighted by Gasteiger charge is -2.31. The highest BCUT2D eigenvalue weighted by molar-refractivity contribution is 5.78. The molecule has 0 spiro atoms. The van der Waals surface area contributed by atoms with Crippen LogP contribution in [0, 0.1) is 12.8 Å². The van der Waals surface area contributed by atoms with E-state index in [-0.39, 0.29) is 11.8 Å². The molecule has 0 bridgehead atoms. The van der Waals surface area contributed by atoms with Crippen LogP contribution < -0.4 is 5.32 Å². The highest BCUT2D eigenvalue weighted by atomic mass is 16.5. The molecule has 31 heavy (non-hydrogen) atoms. The molecule has 0 saturated carbocycles. The van der Waals surface area contributed by atoms with Gasteiger partial charge in [0.25, 0.3) is 0 Å². The molecule has 2 saturated heterocycles. The van der Waals surface area contributed by atoms with Gasteiger partial charge in [0.15, 0.2) is 0 Å². The molecule has 168 valence electrons. The topological polar surface area (TPSA) is 74.5 Å². The first kappa shape index (κ1) is 22.0. The minimum Gasteiger partial charge on any atom is -0.356 e. The lowest BCUT2D eigenvalue weighted by atomic mass is 9.97. The van der Waals surface area contributed by atoms with Crippen LogP contribution >= 0.6 is 0 Å². The van der Waals surface area contributed by atoms with E-state index in [1.807, 2.05) is 24.3 Å². The van der Waals surface area contributed by atoms with Gasteiger partial charge in [-0.25, -0.2) is 0 Å². The number of rotatable bonds is 8. The van der Waals surface area contributed by atoms with E-state index in [2.05, 4.69) is 32.2 Å². The maximum absolute atomic E-state index is 12.7. The minimum atomic E-state index is 0.0447. The summed E-state index contributed by atoms with van der Waals surface area (Å²) < 4.78 is 5.48. The van der Waals surface area contributed by atoms with Crippen LogP contribution in [0.2, 0.25) is 0 Å². The molecule has 2 aromatic rings. The first-order valence-corrected chi connectivity index (χ1v) is 11.8. The average Bonchev–Trinajstić information content (AvgIpc) is 3.26. The number of benzene rings is 1. The van der Waals surface area contributed by atoms with Crippen molar-refractivity contribution in [2.45, 2.75) is 52.0 Å². The zero-order valence-electron chi connectivity index (χ0n) is 18.7. The molecule has 1 unspecified atom stereocenters. The van der Waals surface area contributed by atoms with Crippen LogP contribution in [0.3, 0.4) is 0 Å². The van der Waals surface area contributed by atoms with E-state index >= 15 is 0 Å². The smallest absolute Gasteiger partial charge is 0.241 e. The summed E-state index contributed by atoms with van der Waals surface area (Å²) in [6.45, 7) is 8.66. The molecule has 2 aliphatic rings. The van der Waals surface area contributed by atoms with Gasteiger partial charge in [0.1, 0.15) is 0 Å². The molecule has 0 aliphatic carbocycles. The van der Waals surface area contributed by atoms with Crippen LogP contribution in [0.5, 0.6) is 0 Å². The maximum atomic E-state index is 12.7. The lowest BCUT2D eigenvalue weighted by Crippen LogP contribution is -2.43. The van der Waals surface area contributed by atoms with Gasteiger partial charge in [0, 0.05) is 18.7 Å². The third-order valence-corrected chi connectivity index (χ3v) is 6.41. The predicted octanol–water partition coefficient (Wildman–Crippen LogP) is 3.25. The van der Waals surface area contributed by atoms with Crippen molar-refractivity contribution in [1.82, 2.24) is 25.3 Å². The summed E-state index contributed by atoms with van der Waals surface area (Å²) in [6.07, 6.45) is 7.00. The van der Waals surface area contributed by atoms with E-state index in [9.17, 15) is 4.79 Å². The van der Waals surface area contributed by atoms with Crippen LogP contribution in [-0.2, 0) is 11.3 Å². The molecule has 7 heteroatoms. The van der Waals surface area contributed by atoms with Gasteiger partial charge in [0.2, 0.25) is 17.6 Å². The van der Waals surface area contributed by atoms with Crippen molar-refractivity contribution >= 4 is 5.91 Å². The summed E-state index contributed by atoms with van der Waals surface area (Å²) in [6, 6.07) is 8.12. The summed E-state index contributed by atoms with van der Waals surface area (Å²) in [5.41, 5.74) is 2.16. The maximum Gasteiger partial charge on any atom is 0.241 e. The van der Waals surface area contributed by atoms with Gasteiger partial charge in [-0.1, -0.05) is 41.4 Å². The fourth-order valence-electron chi connectivity index (χ4n) is 4.59. The van der Waals surface area contributed by atoms with Gasteiger partial charge < -0.3 is 14.7 Å². The summed E-state index contributed by atoms with van der Waals surface area (Å²) in [4.78, 5) is 22.0. The summed E-state index contributed by atoms with van der Waals surface area (Å²) in [5, 5.41) is 7.29. The summed E-state index contributed by atoms with van der Waals surface area (Å²) >= 11 is 0. The Balaban J connectivity index is 1.21. The molecule has 7 nitrogen and oxygen atoms in total. The normalized spacial score (nSPS) is 20.6. The standard InChI is InChI=1S/C24H35N5O2/c1-19-8-10-20(11-9-19)23-26-22(31-27-23)18-29-15-5-7-21(17-29)24(30)25-12-6-16-28-13-3-2-4-14-28/h8-11,21H,2-7,12-18H2,1H3,(H,25,30). The summed E-state index contributed by atoms with van der Waals surface area (Å²) in [7, 11) is 0. The fourth-order valence-corrected chi connectivity index (χ4v) is 4.59. The van der Waals surface area contributed by atoms with E-state index in [1.165, 1.54) is 37.9 Å². The van der Waals surface area contributed by atoms with Crippen molar-refractivity contribution in [2.24, 2.45) is 5.92 Å². The number of likely N-dealkylation sites (tertiary alicyclic amines) is 2.